The van der Waals surface area contributed by atoms with E-state index in [1.54, 1.807) is 0 Å². The zero-order valence-corrected chi connectivity index (χ0v) is 12.8. The molecule has 0 aliphatic carbocycles. The van der Waals surface area contributed by atoms with E-state index < -0.39 is 0 Å². The van der Waals surface area contributed by atoms with Crippen LogP contribution < -0.4 is 5.32 Å². The molecule has 0 radical (unpaired) electrons. The van der Waals surface area contributed by atoms with Crippen molar-refractivity contribution < 1.29 is 0 Å². The topological polar surface area (TPSA) is 15.3 Å². The van der Waals surface area contributed by atoms with Crippen LogP contribution in [0.25, 0.3) is 6.08 Å². The van der Waals surface area contributed by atoms with Gasteiger partial charge in [0.15, 0.2) is 0 Å². The largest absolute Gasteiger partial charge is 0.313 e. The first-order valence-electron chi connectivity index (χ1n) is 8.00. The van der Waals surface area contributed by atoms with Crippen LogP contribution in [-0.4, -0.2) is 37.6 Å². The molecule has 2 rings (SSSR count). The molecule has 0 bridgehead atoms. The van der Waals surface area contributed by atoms with E-state index in [2.05, 4.69) is 53.5 Å². The molecule has 1 aromatic carbocycles. The minimum atomic E-state index is 0.995. The van der Waals surface area contributed by atoms with Crippen LogP contribution in [-0.2, 0) is 0 Å². The molecule has 0 amide bonds. The van der Waals surface area contributed by atoms with Gasteiger partial charge in [-0.1, -0.05) is 48.4 Å². The second-order valence-electron chi connectivity index (χ2n) is 5.83. The molecule has 0 unspecified atom stereocenters. The van der Waals surface area contributed by atoms with Gasteiger partial charge in [0.25, 0.3) is 0 Å². The van der Waals surface area contributed by atoms with E-state index in [4.69, 9.17) is 0 Å². The molecule has 1 aliphatic heterocycles. The maximum atomic E-state index is 3.55. The molecule has 0 saturated carbocycles. The number of rotatable bonds is 7. The number of hydrogen-bond donors (Lipinski definition) is 1. The fourth-order valence-corrected chi connectivity index (χ4v) is 2.78. The van der Waals surface area contributed by atoms with Gasteiger partial charge in [-0.25, -0.2) is 0 Å². The normalized spacial score (nSPS) is 17.4. The minimum Gasteiger partial charge on any atom is -0.313 e. The van der Waals surface area contributed by atoms with E-state index >= 15 is 0 Å². The van der Waals surface area contributed by atoms with Gasteiger partial charge in [-0.15, -0.1) is 0 Å². The number of hydrogen-bond acceptors (Lipinski definition) is 2. The molecule has 1 saturated heterocycles. The van der Waals surface area contributed by atoms with Crippen molar-refractivity contribution in [3.63, 3.8) is 0 Å². The van der Waals surface area contributed by atoms with Gasteiger partial charge in [-0.3, -0.25) is 0 Å². The molecule has 2 heteroatoms. The Kier molecular flexibility index (Phi) is 6.82. The molecule has 0 atom stereocenters. The first-order valence-corrected chi connectivity index (χ1v) is 8.00. The van der Waals surface area contributed by atoms with E-state index in [1.165, 1.54) is 56.5 Å². The van der Waals surface area contributed by atoms with Crippen LogP contribution in [0.1, 0.15) is 38.2 Å². The Morgan fingerprint density at radius 2 is 1.90 bits per heavy atom. The number of piperidine rings is 1. The summed E-state index contributed by atoms with van der Waals surface area (Å²) in [6.07, 6.45) is 7.74. The third-order valence-electron chi connectivity index (χ3n) is 3.89. The third kappa shape index (κ3) is 5.89. The van der Waals surface area contributed by atoms with Crippen molar-refractivity contribution in [2.24, 2.45) is 0 Å². The monoisotopic (exact) mass is 272 g/mol. The van der Waals surface area contributed by atoms with Crippen LogP contribution >= 0.6 is 0 Å². The molecule has 1 heterocycles. The summed E-state index contributed by atoms with van der Waals surface area (Å²) < 4.78 is 0. The zero-order chi connectivity index (χ0) is 14.0. The van der Waals surface area contributed by atoms with Gasteiger partial charge in [-0.05, 0) is 57.9 Å². The van der Waals surface area contributed by atoms with Crippen molar-refractivity contribution in [3.05, 3.63) is 41.5 Å². The van der Waals surface area contributed by atoms with Crippen LogP contribution in [0.4, 0.5) is 0 Å². The molecule has 1 aromatic rings. The second kappa shape index (κ2) is 8.93. The van der Waals surface area contributed by atoms with E-state index in [9.17, 15) is 0 Å². The van der Waals surface area contributed by atoms with Crippen LogP contribution in [0.5, 0.6) is 0 Å². The van der Waals surface area contributed by atoms with Crippen molar-refractivity contribution in [1.82, 2.24) is 10.2 Å². The second-order valence-corrected chi connectivity index (χ2v) is 5.83. The molecular weight excluding hydrogens is 244 g/mol. The average Bonchev–Trinajstić information content (AvgIpc) is 2.49. The fraction of sp³-hybridized carbons (Fsp3) is 0.556. The van der Waals surface area contributed by atoms with Crippen LogP contribution in [0.15, 0.2) is 35.9 Å². The maximum Gasteiger partial charge on any atom is 0.0165 e. The van der Waals surface area contributed by atoms with Crippen molar-refractivity contribution in [2.75, 3.05) is 32.7 Å². The van der Waals surface area contributed by atoms with E-state index in [0.717, 1.165) is 13.1 Å². The zero-order valence-electron chi connectivity index (χ0n) is 12.8. The summed E-state index contributed by atoms with van der Waals surface area (Å²) in [5, 5.41) is 3.55. The molecule has 110 valence electrons. The average molecular weight is 272 g/mol. The SMILES string of the molecule is CC(=Cc1ccccc1)CNCCCN1CCCCC1. The Hall–Kier alpha value is -1.12. The lowest BCUT2D eigenvalue weighted by atomic mass is 10.1. The van der Waals surface area contributed by atoms with Gasteiger partial charge in [0.1, 0.15) is 0 Å². The molecule has 0 aromatic heterocycles. The summed E-state index contributed by atoms with van der Waals surface area (Å²) >= 11 is 0. The Morgan fingerprint density at radius 3 is 2.65 bits per heavy atom. The third-order valence-corrected chi connectivity index (χ3v) is 3.89. The quantitative estimate of drug-likeness (QED) is 0.764. The Bertz CT molecular complexity index is 391. The predicted molar refractivity (Wildman–Crippen MR) is 87.9 cm³/mol. The van der Waals surface area contributed by atoms with Crippen LogP contribution in [0.2, 0.25) is 0 Å². The first kappa shape index (κ1) is 15.3. The highest BCUT2D eigenvalue weighted by molar-refractivity contribution is 5.52. The Labute approximate surface area is 123 Å². The Morgan fingerprint density at radius 1 is 1.15 bits per heavy atom. The first-order chi connectivity index (χ1) is 9.84. The van der Waals surface area contributed by atoms with E-state index in [0.29, 0.717) is 0 Å². The molecule has 1 N–H and O–H groups in total. The van der Waals surface area contributed by atoms with Gasteiger partial charge in [0.05, 0.1) is 0 Å². The van der Waals surface area contributed by atoms with Crippen LogP contribution in [0, 0.1) is 0 Å². The lowest BCUT2D eigenvalue weighted by Crippen LogP contribution is -2.32. The van der Waals surface area contributed by atoms with Gasteiger partial charge < -0.3 is 10.2 Å². The lowest BCUT2D eigenvalue weighted by molar-refractivity contribution is 0.226. The van der Waals surface area contributed by atoms with Crippen LogP contribution in [0.3, 0.4) is 0 Å². The predicted octanol–water partition coefficient (Wildman–Crippen LogP) is 3.56. The number of benzene rings is 1. The van der Waals surface area contributed by atoms with Crippen molar-refractivity contribution in [3.8, 4) is 0 Å². The van der Waals surface area contributed by atoms with Gasteiger partial charge in [0.2, 0.25) is 0 Å². The summed E-state index contributed by atoms with van der Waals surface area (Å²) in [6.45, 7) is 8.20. The number of nitrogens with zero attached hydrogens (tertiary/aromatic N) is 1. The van der Waals surface area contributed by atoms with Crippen molar-refractivity contribution in [1.29, 1.82) is 0 Å². The maximum absolute atomic E-state index is 3.55. The molecular formula is C18H28N2. The number of likely N-dealkylation sites (tertiary alicyclic amines) is 1. The molecule has 20 heavy (non-hydrogen) atoms. The van der Waals surface area contributed by atoms with Gasteiger partial charge >= 0.3 is 0 Å². The van der Waals surface area contributed by atoms with Gasteiger partial charge in [0, 0.05) is 6.54 Å². The minimum absolute atomic E-state index is 0.995. The highest BCUT2D eigenvalue weighted by atomic mass is 15.1. The van der Waals surface area contributed by atoms with E-state index in [1.807, 2.05) is 0 Å². The van der Waals surface area contributed by atoms with Gasteiger partial charge in [-0.2, -0.15) is 0 Å². The summed E-state index contributed by atoms with van der Waals surface area (Å²) in [7, 11) is 0. The summed E-state index contributed by atoms with van der Waals surface area (Å²) in [6, 6.07) is 10.5. The summed E-state index contributed by atoms with van der Waals surface area (Å²) in [5.41, 5.74) is 2.69. The highest BCUT2D eigenvalue weighted by Gasteiger charge is 2.08. The summed E-state index contributed by atoms with van der Waals surface area (Å²) in [5.74, 6) is 0. The fourth-order valence-electron chi connectivity index (χ4n) is 2.78. The molecule has 1 aliphatic rings. The smallest absolute Gasteiger partial charge is 0.0165 e. The standard InChI is InChI=1S/C18H28N2/c1-17(15-18-9-4-2-5-10-18)16-19-11-8-14-20-12-6-3-7-13-20/h2,4-5,9-10,15,19H,3,6-8,11-14,16H2,1H3. The number of nitrogens with one attached hydrogen (secondary N) is 1. The summed E-state index contributed by atoms with van der Waals surface area (Å²) in [4.78, 5) is 2.61. The van der Waals surface area contributed by atoms with Crippen molar-refractivity contribution >= 4 is 6.08 Å². The Balaban J connectivity index is 1.57. The molecule has 0 spiro atoms. The highest BCUT2D eigenvalue weighted by Crippen LogP contribution is 2.08. The van der Waals surface area contributed by atoms with Crippen molar-refractivity contribution in [2.45, 2.75) is 32.6 Å². The lowest BCUT2D eigenvalue weighted by Gasteiger charge is -2.26. The molecule has 1 fully saturated rings. The van der Waals surface area contributed by atoms with E-state index in [-0.39, 0.29) is 0 Å². The molecule has 2 nitrogen and oxygen atoms in total.